The summed E-state index contributed by atoms with van der Waals surface area (Å²) in [4.78, 5) is 0. The molecule has 1 unspecified atom stereocenters. The fourth-order valence-electron chi connectivity index (χ4n) is 0.875. The second-order valence-electron chi connectivity index (χ2n) is 3.31. The van der Waals surface area contributed by atoms with E-state index < -0.39 is 8.07 Å². The number of halogens is 2. The Hall–Kier alpha value is 0.547. The molecule has 1 atom stereocenters. The Morgan fingerprint density at radius 1 is 1.64 bits per heavy atom. The van der Waals surface area contributed by atoms with Crippen LogP contribution in [0.2, 0.25) is 19.1 Å². The lowest BCUT2D eigenvalue weighted by atomic mass is 10.6. The number of hydrogen-bond donors (Lipinski definition) is 0. The Morgan fingerprint density at radius 2 is 2.18 bits per heavy atom. The Morgan fingerprint density at radius 3 is 2.55 bits per heavy atom. The predicted octanol–water partition coefficient (Wildman–Crippen LogP) is 3.26. The highest BCUT2D eigenvalue weighted by Gasteiger charge is 2.27. The fourth-order valence-corrected chi connectivity index (χ4v) is 3.71. The lowest BCUT2D eigenvalue weighted by Gasteiger charge is -2.23. The third-order valence-corrected chi connectivity index (χ3v) is 9.22. The molecular formula is C8H14BrClSi. The van der Waals surface area contributed by atoms with Crippen LogP contribution in [-0.4, -0.2) is 18.4 Å². The van der Waals surface area contributed by atoms with Crippen molar-refractivity contribution >= 4 is 35.6 Å². The van der Waals surface area contributed by atoms with Gasteiger partial charge in [0.1, 0.15) is 0 Å². The van der Waals surface area contributed by atoms with Crippen LogP contribution in [0, 0.1) is 12.3 Å². The number of terminal acetylenes is 1. The van der Waals surface area contributed by atoms with Crippen molar-refractivity contribution < 1.29 is 0 Å². The summed E-state index contributed by atoms with van der Waals surface area (Å²) in [7, 11) is -1.23. The minimum Gasteiger partial charge on any atom is -0.127 e. The van der Waals surface area contributed by atoms with E-state index in [-0.39, 0.29) is 0 Å². The molecule has 0 radical (unpaired) electrons. The first-order valence-electron chi connectivity index (χ1n) is 3.71. The van der Waals surface area contributed by atoms with E-state index >= 15 is 0 Å². The second kappa shape index (κ2) is 5.24. The minimum absolute atomic E-state index is 0.290. The molecule has 0 aromatic carbocycles. The largest absolute Gasteiger partial charge is 0.127 e. The van der Waals surface area contributed by atoms with Crippen LogP contribution in [0.1, 0.15) is 6.42 Å². The van der Waals surface area contributed by atoms with Crippen LogP contribution < -0.4 is 0 Å². The van der Waals surface area contributed by atoms with Gasteiger partial charge in [0, 0.05) is 5.88 Å². The lowest BCUT2D eigenvalue weighted by Crippen LogP contribution is -2.36. The standard InChI is InChI=1S/C8H14BrClSi/c1-4-8(9)11(2,3)7-5-6-10/h1,8H,5-7H2,2-3H3. The highest BCUT2D eigenvalue weighted by molar-refractivity contribution is 9.10. The van der Waals surface area contributed by atoms with Gasteiger partial charge in [-0.05, 0) is 6.42 Å². The van der Waals surface area contributed by atoms with Crippen LogP contribution in [0.15, 0.2) is 0 Å². The van der Waals surface area contributed by atoms with Crippen LogP contribution >= 0.6 is 27.5 Å². The SMILES string of the molecule is C#CC(Br)[Si](C)(C)CCCCl. The molecular weight excluding hydrogens is 240 g/mol. The van der Waals surface area contributed by atoms with Crippen molar-refractivity contribution in [2.45, 2.75) is 30.0 Å². The van der Waals surface area contributed by atoms with Crippen molar-refractivity contribution in [1.82, 2.24) is 0 Å². The van der Waals surface area contributed by atoms with Gasteiger partial charge in [-0.25, -0.2) is 0 Å². The van der Waals surface area contributed by atoms with E-state index in [2.05, 4.69) is 34.9 Å². The Bertz CT molecular complexity index is 151. The van der Waals surface area contributed by atoms with Gasteiger partial charge < -0.3 is 0 Å². The van der Waals surface area contributed by atoms with Crippen LogP contribution in [0.5, 0.6) is 0 Å². The zero-order chi connectivity index (χ0) is 8.91. The first kappa shape index (κ1) is 11.5. The fraction of sp³-hybridized carbons (Fsp3) is 0.750. The van der Waals surface area contributed by atoms with Crippen LogP contribution in [0.3, 0.4) is 0 Å². The van der Waals surface area contributed by atoms with Crippen LogP contribution in [-0.2, 0) is 0 Å². The Balaban J connectivity index is 3.90. The zero-order valence-electron chi connectivity index (χ0n) is 7.03. The highest BCUT2D eigenvalue weighted by atomic mass is 79.9. The number of alkyl halides is 2. The molecule has 0 spiro atoms. The third kappa shape index (κ3) is 4.20. The summed E-state index contributed by atoms with van der Waals surface area (Å²) in [5.74, 6) is 3.50. The predicted molar refractivity (Wildman–Crippen MR) is 59.2 cm³/mol. The molecule has 0 saturated heterocycles. The summed E-state index contributed by atoms with van der Waals surface area (Å²) < 4.78 is 0.290. The van der Waals surface area contributed by atoms with Crippen molar-refractivity contribution in [3.63, 3.8) is 0 Å². The van der Waals surface area contributed by atoms with Gasteiger partial charge in [0.2, 0.25) is 0 Å². The van der Waals surface area contributed by atoms with Crippen molar-refractivity contribution in [2.75, 3.05) is 5.88 Å². The summed E-state index contributed by atoms with van der Waals surface area (Å²) in [6.07, 6.45) is 6.42. The van der Waals surface area contributed by atoms with Gasteiger partial charge in [-0.1, -0.05) is 41.0 Å². The van der Waals surface area contributed by atoms with Crippen LogP contribution in [0.25, 0.3) is 0 Å². The molecule has 0 nitrogen and oxygen atoms in total. The minimum atomic E-state index is -1.23. The van der Waals surface area contributed by atoms with E-state index in [1.54, 1.807) is 0 Å². The molecule has 0 rings (SSSR count). The third-order valence-electron chi connectivity index (χ3n) is 1.79. The molecule has 0 aromatic rings. The molecule has 0 aromatic heterocycles. The summed E-state index contributed by atoms with van der Waals surface area (Å²) >= 11 is 9.12. The van der Waals surface area contributed by atoms with Gasteiger partial charge in [0.15, 0.2) is 0 Å². The van der Waals surface area contributed by atoms with Crippen molar-refractivity contribution in [2.24, 2.45) is 0 Å². The van der Waals surface area contributed by atoms with Gasteiger partial charge in [-0.3, -0.25) is 0 Å². The molecule has 0 aliphatic carbocycles. The molecule has 0 N–H and O–H groups in total. The topological polar surface area (TPSA) is 0 Å². The maximum atomic E-state index is 5.61. The highest BCUT2D eigenvalue weighted by Crippen LogP contribution is 2.22. The normalized spacial score (nSPS) is 14.1. The summed E-state index contributed by atoms with van der Waals surface area (Å²) in [6.45, 7) is 4.58. The average molecular weight is 254 g/mol. The molecule has 0 bridgehead atoms. The second-order valence-corrected chi connectivity index (χ2v) is 10.5. The summed E-state index contributed by atoms with van der Waals surface area (Å²) in [5, 5.41) is 0. The van der Waals surface area contributed by atoms with Gasteiger partial charge in [-0.15, -0.1) is 18.0 Å². The van der Waals surface area contributed by atoms with E-state index in [1.165, 1.54) is 6.04 Å². The quantitative estimate of drug-likeness (QED) is 0.410. The van der Waals surface area contributed by atoms with Gasteiger partial charge in [0.05, 0.1) is 12.5 Å². The zero-order valence-corrected chi connectivity index (χ0v) is 10.4. The molecule has 0 heterocycles. The van der Waals surface area contributed by atoms with Crippen molar-refractivity contribution in [3.8, 4) is 12.3 Å². The molecule has 11 heavy (non-hydrogen) atoms. The number of hydrogen-bond acceptors (Lipinski definition) is 0. The average Bonchev–Trinajstić information content (AvgIpc) is 1.99. The molecule has 3 heteroatoms. The number of rotatable bonds is 4. The summed E-state index contributed by atoms with van der Waals surface area (Å²) in [5.41, 5.74) is 0. The van der Waals surface area contributed by atoms with Crippen molar-refractivity contribution in [1.29, 1.82) is 0 Å². The van der Waals surface area contributed by atoms with Gasteiger partial charge in [-0.2, -0.15) is 0 Å². The molecule has 0 aliphatic heterocycles. The van der Waals surface area contributed by atoms with Gasteiger partial charge >= 0.3 is 0 Å². The van der Waals surface area contributed by atoms with Crippen molar-refractivity contribution in [3.05, 3.63) is 0 Å². The lowest BCUT2D eigenvalue weighted by molar-refractivity contribution is 1.05. The maximum Gasteiger partial charge on any atom is 0.0778 e. The Labute approximate surface area is 83.8 Å². The van der Waals surface area contributed by atoms with Gasteiger partial charge in [0.25, 0.3) is 0 Å². The van der Waals surface area contributed by atoms with E-state index in [4.69, 9.17) is 18.0 Å². The van der Waals surface area contributed by atoms with E-state index in [0.29, 0.717) is 4.45 Å². The maximum absolute atomic E-state index is 5.61. The van der Waals surface area contributed by atoms with Crippen LogP contribution in [0.4, 0.5) is 0 Å². The first-order chi connectivity index (χ1) is 5.04. The smallest absolute Gasteiger partial charge is 0.0778 e. The first-order valence-corrected chi connectivity index (χ1v) is 8.44. The van der Waals surface area contributed by atoms with E-state index in [1.807, 2.05) is 0 Å². The summed E-state index contributed by atoms with van der Waals surface area (Å²) in [6, 6.07) is 1.20. The Kier molecular flexibility index (Phi) is 5.50. The molecule has 0 fully saturated rings. The molecule has 0 aliphatic rings. The molecule has 0 amide bonds. The molecule has 0 saturated carbocycles. The molecule has 64 valence electrons. The van der Waals surface area contributed by atoms with E-state index in [9.17, 15) is 0 Å². The monoisotopic (exact) mass is 252 g/mol. The van der Waals surface area contributed by atoms with E-state index in [0.717, 1.165) is 12.3 Å².